The number of carboxylic acids is 1. The van der Waals surface area contributed by atoms with Gasteiger partial charge >= 0.3 is 5.97 Å². The van der Waals surface area contributed by atoms with Crippen molar-refractivity contribution >= 4 is 5.97 Å². The number of unbranched alkanes of at least 4 members (excludes halogenated alkanes) is 2. The van der Waals surface area contributed by atoms with Crippen LogP contribution in [0.15, 0.2) is 11.6 Å². The summed E-state index contributed by atoms with van der Waals surface area (Å²) >= 11 is 0. The standard InChI is InChI=1S/C12H20O2/c1-2-3-4-5-10-6-8-11(9-7-10)12(13)14/h8,10H,2-7,9H2,1H3,(H,13,14). The van der Waals surface area contributed by atoms with E-state index in [9.17, 15) is 4.79 Å². The molecule has 0 amide bonds. The second-order valence-corrected chi connectivity index (χ2v) is 4.17. The van der Waals surface area contributed by atoms with E-state index in [1.165, 1.54) is 25.7 Å². The summed E-state index contributed by atoms with van der Waals surface area (Å²) in [7, 11) is 0. The summed E-state index contributed by atoms with van der Waals surface area (Å²) in [6.45, 7) is 2.21. The molecule has 1 N–H and O–H groups in total. The van der Waals surface area contributed by atoms with Gasteiger partial charge in [0.1, 0.15) is 0 Å². The lowest BCUT2D eigenvalue weighted by Gasteiger charge is -2.19. The summed E-state index contributed by atoms with van der Waals surface area (Å²) < 4.78 is 0. The minimum absolute atomic E-state index is 0.622. The molecule has 0 heterocycles. The van der Waals surface area contributed by atoms with E-state index in [1.54, 1.807) is 0 Å². The highest BCUT2D eigenvalue weighted by atomic mass is 16.4. The van der Waals surface area contributed by atoms with Gasteiger partial charge in [-0.05, 0) is 25.2 Å². The van der Waals surface area contributed by atoms with E-state index in [2.05, 4.69) is 6.92 Å². The number of hydrogen-bond donors (Lipinski definition) is 1. The van der Waals surface area contributed by atoms with Crippen molar-refractivity contribution in [1.82, 2.24) is 0 Å². The predicted octanol–water partition coefficient (Wildman–Crippen LogP) is 3.38. The van der Waals surface area contributed by atoms with Crippen LogP contribution in [0.3, 0.4) is 0 Å². The maximum atomic E-state index is 10.7. The second kappa shape index (κ2) is 5.84. The van der Waals surface area contributed by atoms with Crippen LogP contribution in [0.4, 0.5) is 0 Å². The van der Waals surface area contributed by atoms with Gasteiger partial charge in [-0.3, -0.25) is 0 Å². The molecule has 2 nitrogen and oxygen atoms in total. The normalized spacial score (nSPS) is 21.8. The SMILES string of the molecule is CCCCCC1CC=C(C(=O)O)CC1. The fraction of sp³-hybridized carbons (Fsp3) is 0.750. The summed E-state index contributed by atoms with van der Waals surface area (Å²) in [6.07, 6.45) is 9.89. The molecular formula is C12H20O2. The number of hydrogen-bond acceptors (Lipinski definition) is 1. The van der Waals surface area contributed by atoms with Crippen LogP contribution in [0.2, 0.25) is 0 Å². The van der Waals surface area contributed by atoms with E-state index in [0.29, 0.717) is 5.57 Å². The molecule has 1 rings (SSSR count). The second-order valence-electron chi connectivity index (χ2n) is 4.17. The van der Waals surface area contributed by atoms with E-state index >= 15 is 0 Å². The Labute approximate surface area is 86.0 Å². The van der Waals surface area contributed by atoms with Gasteiger partial charge in [-0.25, -0.2) is 4.79 Å². The molecular weight excluding hydrogens is 176 g/mol. The number of carbonyl (C=O) groups is 1. The molecule has 0 bridgehead atoms. The van der Waals surface area contributed by atoms with Gasteiger partial charge in [0, 0.05) is 5.57 Å². The third-order valence-corrected chi connectivity index (χ3v) is 3.01. The number of rotatable bonds is 5. The van der Waals surface area contributed by atoms with Crippen molar-refractivity contribution in [1.29, 1.82) is 0 Å². The maximum absolute atomic E-state index is 10.7. The first-order chi connectivity index (χ1) is 6.74. The first-order valence-electron chi connectivity index (χ1n) is 5.66. The summed E-state index contributed by atoms with van der Waals surface area (Å²) in [5.41, 5.74) is 0.622. The van der Waals surface area contributed by atoms with Gasteiger partial charge in [-0.2, -0.15) is 0 Å². The van der Waals surface area contributed by atoms with Crippen molar-refractivity contribution in [3.05, 3.63) is 11.6 Å². The third-order valence-electron chi connectivity index (χ3n) is 3.01. The van der Waals surface area contributed by atoms with Gasteiger partial charge in [0.2, 0.25) is 0 Å². The Morgan fingerprint density at radius 2 is 2.36 bits per heavy atom. The average molecular weight is 196 g/mol. The Balaban J connectivity index is 2.24. The largest absolute Gasteiger partial charge is 0.478 e. The fourth-order valence-corrected chi connectivity index (χ4v) is 2.03. The zero-order valence-electron chi connectivity index (χ0n) is 8.96. The van der Waals surface area contributed by atoms with E-state index in [0.717, 1.165) is 25.2 Å². The van der Waals surface area contributed by atoms with E-state index in [-0.39, 0.29) is 0 Å². The minimum atomic E-state index is -0.725. The lowest BCUT2D eigenvalue weighted by Crippen LogP contribution is -2.10. The summed E-state index contributed by atoms with van der Waals surface area (Å²) in [4.78, 5) is 10.7. The van der Waals surface area contributed by atoms with Gasteiger partial charge in [0.25, 0.3) is 0 Å². The lowest BCUT2D eigenvalue weighted by molar-refractivity contribution is -0.132. The molecule has 0 aromatic heterocycles. The van der Waals surface area contributed by atoms with Gasteiger partial charge in [0.15, 0.2) is 0 Å². The van der Waals surface area contributed by atoms with Crippen molar-refractivity contribution in [2.24, 2.45) is 5.92 Å². The van der Waals surface area contributed by atoms with E-state index in [4.69, 9.17) is 5.11 Å². The number of aliphatic carboxylic acids is 1. The van der Waals surface area contributed by atoms with Crippen molar-refractivity contribution in [2.45, 2.75) is 51.9 Å². The average Bonchev–Trinajstić information content (AvgIpc) is 2.19. The highest BCUT2D eigenvalue weighted by Gasteiger charge is 2.17. The smallest absolute Gasteiger partial charge is 0.331 e. The van der Waals surface area contributed by atoms with Gasteiger partial charge in [0.05, 0.1) is 0 Å². The molecule has 0 aromatic rings. The van der Waals surface area contributed by atoms with Crippen LogP contribution >= 0.6 is 0 Å². The molecule has 80 valence electrons. The van der Waals surface area contributed by atoms with Gasteiger partial charge in [-0.1, -0.05) is 38.7 Å². The molecule has 1 aliphatic carbocycles. The van der Waals surface area contributed by atoms with Crippen molar-refractivity contribution in [2.75, 3.05) is 0 Å². The first kappa shape index (κ1) is 11.3. The fourth-order valence-electron chi connectivity index (χ4n) is 2.03. The molecule has 1 unspecified atom stereocenters. The summed E-state index contributed by atoms with van der Waals surface area (Å²) in [5, 5.41) is 8.77. The molecule has 0 saturated heterocycles. The first-order valence-corrected chi connectivity index (χ1v) is 5.66. The van der Waals surface area contributed by atoms with Crippen molar-refractivity contribution < 1.29 is 9.90 Å². The predicted molar refractivity (Wildman–Crippen MR) is 57.2 cm³/mol. The molecule has 0 aliphatic heterocycles. The third kappa shape index (κ3) is 3.52. The molecule has 14 heavy (non-hydrogen) atoms. The minimum Gasteiger partial charge on any atom is -0.478 e. The lowest BCUT2D eigenvalue weighted by atomic mass is 9.86. The molecule has 1 atom stereocenters. The van der Waals surface area contributed by atoms with E-state index in [1.807, 2.05) is 6.08 Å². The van der Waals surface area contributed by atoms with Crippen molar-refractivity contribution in [3.63, 3.8) is 0 Å². The number of carboxylic acid groups (broad SMARTS) is 1. The quantitative estimate of drug-likeness (QED) is 0.684. The van der Waals surface area contributed by atoms with Gasteiger partial charge < -0.3 is 5.11 Å². The van der Waals surface area contributed by atoms with Crippen LogP contribution in [-0.4, -0.2) is 11.1 Å². The molecule has 0 saturated carbocycles. The monoisotopic (exact) mass is 196 g/mol. The summed E-state index contributed by atoms with van der Waals surface area (Å²) in [5.74, 6) is 0.0154. The van der Waals surface area contributed by atoms with Crippen molar-refractivity contribution in [3.8, 4) is 0 Å². The van der Waals surface area contributed by atoms with Crippen LogP contribution in [0.1, 0.15) is 51.9 Å². The topological polar surface area (TPSA) is 37.3 Å². The Morgan fingerprint density at radius 1 is 1.57 bits per heavy atom. The molecule has 1 aliphatic rings. The zero-order valence-corrected chi connectivity index (χ0v) is 8.96. The molecule has 2 heteroatoms. The van der Waals surface area contributed by atoms with Crippen LogP contribution in [0.5, 0.6) is 0 Å². The Hall–Kier alpha value is -0.790. The van der Waals surface area contributed by atoms with Crippen LogP contribution in [0, 0.1) is 5.92 Å². The summed E-state index contributed by atoms with van der Waals surface area (Å²) in [6, 6.07) is 0. The molecule has 0 spiro atoms. The highest BCUT2D eigenvalue weighted by Crippen LogP contribution is 2.27. The van der Waals surface area contributed by atoms with Crippen LogP contribution < -0.4 is 0 Å². The Bertz CT molecular complexity index is 218. The van der Waals surface area contributed by atoms with Crippen LogP contribution in [0.25, 0.3) is 0 Å². The molecule has 0 aromatic carbocycles. The zero-order chi connectivity index (χ0) is 10.4. The number of allylic oxidation sites excluding steroid dienone is 1. The maximum Gasteiger partial charge on any atom is 0.331 e. The molecule has 0 radical (unpaired) electrons. The highest BCUT2D eigenvalue weighted by molar-refractivity contribution is 5.86. The Morgan fingerprint density at radius 3 is 2.86 bits per heavy atom. The van der Waals surface area contributed by atoms with E-state index < -0.39 is 5.97 Å². The van der Waals surface area contributed by atoms with Crippen LogP contribution in [-0.2, 0) is 4.79 Å². The Kier molecular flexibility index (Phi) is 4.71. The molecule has 0 fully saturated rings. The van der Waals surface area contributed by atoms with Gasteiger partial charge in [-0.15, -0.1) is 0 Å².